The Kier molecular flexibility index (Phi) is 3.07. The van der Waals surface area contributed by atoms with E-state index in [1.54, 1.807) is 6.07 Å². The summed E-state index contributed by atoms with van der Waals surface area (Å²) in [4.78, 5) is 3.89. The zero-order valence-corrected chi connectivity index (χ0v) is 9.26. The largest absolute Gasteiger partial charge is 0.417 e. The van der Waals surface area contributed by atoms with Gasteiger partial charge >= 0.3 is 6.18 Å². The van der Waals surface area contributed by atoms with Crippen LogP contribution in [0.1, 0.15) is 5.56 Å². The zero-order chi connectivity index (χ0) is 12.5. The van der Waals surface area contributed by atoms with Crippen LogP contribution in [0, 0.1) is 0 Å². The number of halogens is 4. The van der Waals surface area contributed by atoms with Gasteiger partial charge in [0.05, 0.1) is 16.3 Å². The lowest BCUT2D eigenvalue weighted by Crippen LogP contribution is -2.07. The molecule has 0 unspecified atom stereocenters. The van der Waals surface area contributed by atoms with Gasteiger partial charge in [-0.15, -0.1) is 0 Å². The molecule has 1 heterocycles. The van der Waals surface area contributed by atoms with Crippen molar-refractivity contribution in [3.63, 3.8) is 0 Å². The summed E-state index contributed by atoms with van der Waals surface area (Å²) in [5.41, 5.74) is -0.603. The molecule has 0 radical (unpaired) electrons. The fourth-order valence-electron chi connectivity index (χ4n) is 1.52. The molecule has 0 saturated carbocycles. The van der Waals surface area contributed by atoms with Gasteiger partial charge < -0.3 is 0 Å². The third kappa shape index (κ3) is 2.42. The van der Waals surface area contributed by atoms with Gasteiger partial charge in [0.25, 0.3) is 0 Å². The number of nitrogens with zero attached hydrogens (tertiary/aromatic N) is 1. The number of rotatable bonds is 1. The first-order valence-corrected chi connectivity index (χ1v) is 5.15. The molecule has 0 aliphatic heterocycles. The standard InChI is InChI=1S/C12H7ClF3N/c13-10-6-3-7-17-11(10)8-4-1-2-5-9(8)12(14,15)16/h1-7H. The molecule has 0 aliphatic carbocycles. The molecule has 1 aromatic heterocycles. The van der Waals surface area contributed by atoms with Gasteiger partial charge in [0.15, 0.2) is 0 Å². The van der Waals surface area contributed by atoms with Crippen LogP contribution in [0.5, 0.6) is 0 Å². The first-order valence-electron chi connectivity index (χ1n) is 4.77. The number of benzene rings is 1. The van der Waals surface area contributed by atoms with Crippen LogP contribution in [0.2, 0.25) is 5.02 Å². The average molecular weight is 258 g/mol. The van der Waals surface area contributed by atoms with Gasteiger partial charge in [0.2, 0.25) is 0 Å². The average Bonchev–Trinajstić information content (AvgIpc) is 2.28. The Bertz CT molecular complexity index is 537. The Balaban J connectivity index is 2.65. The fraction of sp³-hybridized carbons (Fsp3) is 0.0833. The maximum atomic E-state index is 12.8. The lowest BCUT2D eigenvalue weighted by atomic mass is 10.0. The number of hydrogen-bond acceptors (Lipinski definition) is 1. The lowest BCUT2D eigenvalue weighted by molar-refractivity contribution is -0.137. The highest BCUT2D eigenvalue weighted by Gasteiger charge is 2.33. The maximum absolute atomic E-state index is 12.8. The molecule has 17 heavy (non-hydrogen) atoms. The molecular weight excluding hydrogens is 251 g/mol. The van der Waals surface area contributed by atoms with E-state index in [0.29, 0.717) is 0 Å². The van der Waals surface area contributed by atoms with Crippen LogP contribution >= 0.6 is 11.6 Å². The van der Waals surface area contributed by atoms with Crippen LogP contribution in [-0.2, 0) is 6.18 Å². The van der Waals surface area contributed by atoms with Gasteiger partial charge in [-0.05, 0) is 18.2 Å². The van der Waals surface area contributed by atoms with Crippen molar-refractivity contribution in [3.05, 3.63) is 53.2 Å². The zero-order valence-electron chi connectivity index (χ0n) is 8.50. The minimum atomic E-state index is -4.42. The van der Waals surface area contributed by atoms with Gasteiger partial charge in [-0.2, -0.15) is 13.2 Å². The van der Waals surface area contributed by atoms with E-state index < -0.39 is 11.7 Å². The van der Waals surface area contributed by atoms with Gasteiger partial charge in [-0.25, -0.2) is 0 Å². The molecule has 2 aromatic rings. The van der Waals surface area contributed by atoms with Crippen LogP contribution in [0.25, 0.3) is 11.3 Å². The Morgan fingerprint density at radius 2 is 1.71 bits per heavy atom. The molecule has 0 amide bonds. The molecule has 1 nitrogen and oxygen atoms in total. The number of hydrogen-bond donors (Lipinski definition) is 0. The topological polar surface area (TPSA) is 12.9 Å². The van der Waals surface area contributed by atoms with Crippen LogP contribution in [-0.4, -0.2) is 4.98 Å². The molecule has 0 atom stereocenters. The Morgan fingerprint density at radius 3 is 2.35 bits per heavy atom. The second-order valence-electron chi connectivity index (χ2n) is 3.38. The molecular formula is C12H7ClF3N. The minimum absolute atomic E-state index is 0.00870. The van der Waals surface area contributed by atoms with Gasteiger partial charge in [-0.1, -0.05) is 29.8 Å². The van der Waals surface area contributed by atoms with E-state index in [9.17, 15) is 13.2 Å². The van der Waals surface area contributed by atoms with E-state index in [1.165, 1.54) is 30.5 Å². The molecule has 0 aliphatic rings. The van der Waals surface area contributed by atoms with E-state index in [1.807, 2.05) is 0 Å². The molecule has 0 spiro atoms. The number of pyridine rings is 1. The number of aromatic nitrogens is 1. The van der Waals surface area contributed by atoms with Crippen molar-refractivity contribution < 1.29 is 13.2 Å². The molecule has 2 rings (SSSR count). The van der Waals surface area contributed by atoms with Gasteiger partial charge in [0.1, 0.15) is 0 Å². The van der Waals surface area contributed by atoms with Crippen LogP contribution in [0.3, 0.4) is 0 Å². The van der Waals surface area contributed by atoms with Crippen molar-refractivity contribution >= 4 is 11.6 Å². The third-order valence-corrected chi connectivity index (χ3v) is 2.55. The summed E-state index contributed by atoms with van der Waals surface area (Å²) in [5, 5.41) is 0.198. The fourth-order valence-corrected chi connectivity index (χ4v) is 1.74. The SMILES string of the molecule is FC(F)(F)c1ccccc1-c1ncccc1Cl. The summed E-state index contributed by atoms with van der Waals surface area (Å²) in [6, 6.07) is 8.31. The van der Waals surface area contributed by atoms with Crippen molar-refractivity contribution in [1.29, 1.82) is 0 Å². The smallest absolute Gasteiger partial charge is 0.255 e. The van der Waals surface area contributed by atoms with E-state index in [2.05, 4.69) is 4.98 Å². The molecule has 1 aromatic carbocycles. The summed E-state index contributed by atoms with van der Waals surface area (Å²) in [7, 11) is 0. The van der Waals surface area contributed by atoms with E-state index in [-0.39, 0.29) is 16.3 Å². The molecule has 88 valence electrons. The second-order valence-corrected chi connectivity index (χ2v) is 3.78. The highest BCUT2D eigenvalue weighted by Crippen LogP contribution is 2.38. The summed E-state index contributed by atoms with van der Waals surface area (Å²) < 4.78 is 38.4. The third-order valence-electron chi connectivity index (χ3n) is 2.25. The lowest BCUT2D eigenvalue weighted by Gasteiger charge is -2.12. The molecule has 0 bridgehead atoms. The van der Waals surface area contributed by atoms with Crippen molar-refractivity contribution in [1.82, 2.24) is 4.98 Å². The maximum Gasteiger partial charge on any atom is 0.417 e. The summed E-state index contributed by atoms with van der Waals surface area (Å²) >= 11 is 5.85. The van der Waals surface area contributed by atoms with Crippen molar-refractivity contribution in [2.24, 2.45) is 0 Å². The quantitative estimate of drug-likeness (QED) is 0.737. The summed E-state index contributed by atoms with van der Waals surface area (Å²) in [5.74, 6) is 0. The van der Waals surface area contributed by atoms with E-state index in [4.69, 9.17) is 11.6 Å². The Morgan fingerprint density at radius 1 is 1.00 bits per heavy atom. The van der Waals surface area contributed by atoms with Crippen LogP contribution in [0.4, 0.5) is 13.2 Å². The number of alkyl halides is 3. The molecule has 0 N–H and O–H groups in total. The molecule has 0 fully saturated rings. The second kappa shape index (κ2) is 4.37. The van der Waals surface area contributed by atoms with Crippen molar-refractivity contribution in [3.8, 4) is 11.3 Å². The predicted molar refractivity (Wildman–Crippen MR) is 59.7 cm³/mol. The van der Waals surface area contributed by atoms with Gasteiger partial charge in [-0.3, -0.25) is 4.98 Å². The molecule has 5 heteroatoms. The first-order chi connectivity index (χ1) is 8.00. The Hall–Kier alpha value is -1.55. The van der Waals surface area contributed by atoms with E-state index in [0.717, 1.165) is 6.07 Å². The van der Waals surface area contributed by atoms with Gasteiger partial charge in [0, 0.05) is 11.8 Å². The summed E-state index contributed by atoms with van der Waals surface area (Å²) in [6.45, 7) is 0. The highest BCUT2D eigenvalue weighted by atomic mass is 35.5. The monoisotopic (exact) mass is 257 g/mol. The van der Waals surface area contributed by atoms with Crippen molar-refractivity contribution in [2.45, 2.75) is 6.18 Å². The predicted octanol–water partition coefficient (Wildman–Crippen LogP) is 4.42. The van der Waals surface area contributed by atoms with E-state index >= 15 is 0 Å². The molecule has 0 saturated heterocycles. The normalized spacial score (nSPS) is 11.5. The Labute approximate surface area is 101 Å². The van der Waals surface area contributed by atoms with Crippen molar-refractivity contribution in [2.75, 3.05) is 0 Å². The minimum Gasteiger partial charge on any atom is -0.255 e. The summed E-state index contributed by atoms with van der Waals surface area (Å²) in [6.07, 6.45) is -3.01. The van der Waals surface area contributed by atoms with Crippen LogP contribution < -0.4 is 0 Å². The van der Waals surface area contributed by atoms with Crippen LogP contribution in [0.15, 0.2) is 42.6 Å². The first kappa shape index (κ1) is 11.9. The highest BCUT2D eigenvalue weighted by molar-refractivity contribution is 6.33.